The summed E-state index contributed by atoms with van der Waals surface area (Å²) < 4.78 is 4.67. The van der Waals surface area contributed by atoms with Gasteiger partial charge in [0, 0.05) is 38.4 Å². The van der Waals surface area contributed by atoms with Crippen LogP contribution in [0.2, 0.25) is 0 Å². The molecule has 0 N–H and O–H groups in total. The zero-order valence-corrected chi connectivity index (χ0v) is 36.8. The van der Waals surface area contributed by atoms with Crippen LogP contribution in [0.1, 0.15) is 0 Å². The topological polar surface area (TPSA) is 48.5 Å². The lowest BCUT2D eigenvalue weighted by Gasteiger charge is -2.13. The maximum absolute atomic E-state index is 5.27. The molecule has 68 heavy (non-hydrogen) atoms. The van der Waals surface area contributed by atoms with E-state index >= 15 is 0 Å². The van der Waals surface area contributed by atoms with Gasteiger partial charge in [0.15, 0.2) is 11.6 Å². The van der Waals surface area contributed by atoms with Crippen LogP contribution in [0.5, 0.6) is 0 Å². The summed E-state index contributed by atoms with van der Waals surface area (Å²) in [5.41, 5.74) is 12.0. The molecule has 0 amide bonds. The van der Waals surface area contributed by atoms with Gasteiger partial charge in [-0.2, -0.15) is 9.97 Å². The zero-order valence-electron chi connectivity index (χ0n) is 36.8. The molecule has 0 radical (unpaired) electrons. The molecule has 0 unspecified atom stereocenters. The Morgan fingerprint density at radius 1 is 0.250 bits per heavy atom. The van der Waals surface area contributed by atoms with Gasteiger partial charge >= 0.3 is 0 Å². The Kier molecular flexibility index (Phi) is 8.52. The summed E-state index contributed by atoms with van der Waals surface area (Å²) in [6, 6.07) is 84.7. The number of hydrogen-bond donors (Lipinski definition) is 0. The molecule has 316 valence electrons. The van der Waals surface area contributed by atoms with Gasteiger partial charge in [-0.05, 0) is 97.0 Å². The van der Waals surface area contributed by atoms with Crippen LogP contribution in [-0.4, -0.2) is 24.1 Å². The van der Waals surface area contributed by atoms with Crippen LogP contribution in [-0.2, 0) is 0 Å². The Morgan fingerprint density at radius 2 is 0.706 bits per heavy atom. The molecule has 3 aromatic heterocycles. The van der Waals surface area contributed by atoms with E-state index in [1.54, 1.807) is 0 Å². The van der Waals surface area contributed by atoms with Gasteiger partial charge in [0.1, 0.15) is 0 Å². The van der Waals surface area contributed by atoms with E-state index in [2.05, 4.69) is 209 Å². The smallest absolute Gasteiger partial charge is 0.238 e. The van der Waals surface area contributed by atoms with Crippen LogP contribution < -0.4 is 0 Å². The van der Waals surface area contributed by atoms with E-state index in [1.165, 1.54) is 43.4 Å². The molecular formula is C63H39N5. The average molecular weight is 866 g/mol. The molecule has 11 aromatic carbocycles. The fourth-order valence-corrected chi connectivity index (χ4v) is 10.7. The number of hydrogen-bond acceptors (Lipinski definition) is 3. The van der Waals surface area contributed by atoms with Gasteiger partial charge in [0.2, 0.25) is 5.95 Å². The van der Waals surface area contributed by atoms with Crippen LogP contribution in [0.15, 0.2) is 237 Å². The third-order valence-electron chi connectivity index (χ3n) is 13.7. The summed E-state index contributed by atoms with van der Waals surface area (Å²) in [6.07, 6.45) is 0. The molecule has 0 aliphatic heterocycles. The summed E-state index contributed by atoms with van der Waals surface area (Å²) in [7, 11) is 0. The van der Waals surface area contributed by atoms with Crippen molar-refractivity contribution in [2.24, 2.45) is 0 Å². The van der Waals surface area contributed by atoms with Crippen molar-refractivity contribution >= 4 is 75.9 Å². The number of aromatic nitrogens is 5. The first-order valence-electron chi connectivity index (χ1n) is 23.1. The molecule has 14 aromatic rings. The molecule has 0 fully saturated rings. The van der Waals surface area contributed by atoms with Crippen molar-refractivity contribution in [2.45, 2.75) is 0 Å². The van der Waals surface area contributed by atoms with E-state index in [1.807, 2.05) is 36.4 Å². The summed E-state index contributed by atoms with van der Waals surface area (Å²) in [5, 5.41) is 12.2. The lowest BCUT2D eigenvalue weighted by atomic mass is 9.91. The third-order valence-corrected chi connectivity index (χ3v) is 13.7. The van der Waals surface area contributed by atoms with Crippen LogP contribution in [0.3, 0.4) is 0 Å². The molecule has 14 rings (SSSR count). The molecule has 0 bridgehead atoms. The van der Waals surface area contributed by atoms with E-state index in [4.69, 9.17) is 15.0 Å². The minimum atomic E-state index is 0.572. The summed E-state index contributed by atoms with van der Waals surface area (Å²) in [6.45, 7) is 0. The fraction of sp³-hybridized carbons (Fsp3) is 0. The van der Waals surface area contributed by atoms with Crippen molar-refractivity contribution in [1.29, 1.82) is 0 Å². The molecular weight excluding hydrogens is 827 g/mol. The van der Waals surface area contributed by atoms with E-state index in [0.717, 1.165) is 71.6 Å². The summed E-state index contributed by atoms with van der Waals surface area (Å²) in [4.78, 5) is 15.6. The van der Waals surface area contributed by atoms with E-state index < -0.39 is 0 Å². The molecule has 0 saturated heterocycles. The largest absolute Gasteiger partial charge is 0.309 e. The highest BCUT2D eigenvalue weighted by Gasteiger charge is 2.23. The highest BCUT2D eigenvalue weighted by molar-refractivity contribution is 6.27. The second-order valence-electron chi connectivity index (χ2n) is 17.6. The zero-order chi connectivity index (χ0) is 44.7. The van der Waals surface area contributed by atoms with Crippen LogP contribution in [0.25, 0.3) is 133 Å². The number of nitrogens with zero attached hydrogens (tertiary/aromatic N) is 5. The van der Waals surface area contributed by atoms with Gasteiger partial charge in [-0.15, -0.1) is 0 Å². The molecule has 3 heterocycles. The highest BCUT2D eigenvalue weighted by atomic mass is 15.2. The highest BCUT2D eigenvalue weighted by Crippen LogP contribution is 2.43. The number of benzene rings is 11. The normalized spacial score (nSPS) is 11.8. The SMILES string of the molecule is c1ccc(-c2nc(-c3ccccc3)nc(-n3c4ccccc4c4ccc5c(c6ccccc6n5-c5cccc(-c6cccc(-c7ccc8c9ccccc9c9ccccc9c8c7)c6)c5)c43)n2)cc1. The van der Waals surface area contributed by atoms with Gasteiger partial charge in [0.05, 0.1) is 22.1 Å². The Bertz CT molecular complexity index is 4230. The van der Waals surface area contributed by atoms with Crippen LogP contribution >= 0.6 is 0 Å². The van der Waals surface area contributed by atoms with E-state index in [0.29, 0.717) is 17.6 Å². The molecule has 0 spiro atoms. The number of fused-ring (bicyclic) bond motifs is 13. The Hall–Kier alpha value is -9.19. The van der Waals surface area contributed by atoms with Crippen LogP contribution in [0.4, 0.5) is 0 Å². The first kappa shape index (κ1) is 38.1. The molecule has 0 aliphatic carbocycles. The first-order chi connectivity index (χ1) is 33.7. The van der Waals surface area contributed by atoms with E-state index in [9.17, 15) is 0 Å². The van der Waals surface area contributed by atoms with Crippen molar-refractivity contribution < 1.29 is 0 Å². The average Bonchev–Trinajstić information content (AvgIpc) is 3.94. The van der Waals surface area contributed by atoms with Gasteiger partial charge in [-0.1, -0.05) is 194 Å². The Labute approximate surface area is 391 Å². The second kappa shape index (κ2) is 15.2. The molecule has 0 aliphatic rings. The fourth-order valence-electron chi connectivity index (χ4n) is 10.7. The lowest BCUT2D eigenvalue weighted by Crippen LogP contribution is -2.06. The third kappa shape index (κ3) is 5.93. The monoisotopic (exact) mass is 865 g/mol. The number of rotatable bonds is 6. The summed E-state index contributed by atoms with van der Waals surface area (Å²) in [5.74, 6) is 1.82. The van der Waals surface area contributed by atoms with Gasteiger partial charge in [0.25, 0.3) is 0 Å². The number of para-hydroxylation sites is 2. The second-order valence-corrected chi connectivity index (χ2v) is 17.6. The van der Waals surface area contributed by atoms with Gasteiger partial charge < -0.3 is 4.57 Å². The quantitative estimate of drug-likeness (QED) is 0.156. The maximum atomic E-state index is 5.27. The predicted octanol–water partition coefficient (Wildman–Crippen LogP) is 16.2. The van der Waals surface area contributed by atoms with Crippen molar-refractivity contribution in [1.82, 2.24) is 24.1 Å². The summed E-state index contributed by atoms with van der Waals surface area (Å²) >= 11 is 0. The van der Waals surface area contributed by atoms with Gasteiger partial charge in [-0.3, -0.25) is 4.57 Å². The minimum Gasteiger partial charge on any atom is -0.309 e. The molecule has 5 heteroatoms. The minimum absolute atomic E-state index is 0.572. The molecule has 0 saturated carbocycles. The van der Waals surface area contributed by atoms with Crippen molar-refractivity contribution in [3.05, 3.63) is 237 Å². The van der Waals surface area contributed by atoms with Crippen LogP contribution in [0, 0.1) is 0 Å². The van der Waals surface area contributed by atoms with E-state index in [-0.39, 0.29) is 0 Å². The predicted molar refractivity (Wildman–Crippen MR) is 283 cm³/mol. The maximum Gasteiger partial charge on any atom is 0.238 e. The first-order valence-corrected chi connectivity index (χ1v) is 23.1. The Balaban J connectivity index is 0.951. The lowest BCUT2D eigenvalue weighted by molar-refractivity contribution is 0.955. The molecule has 0 atom stereocenters. The van der Waals surface area contributed by atoms with Gasteiger partial charge in [-0.25, -0.2) is 4.98 Å². The standard InChI is InChI=1S/C63H39N5/c1-3-17-40(18-4-1)61-64-62(41-19-5-2-6-20-41)66-63(65-61)68-56-31-13-11-29-52(56)53-35-36-58-59(60(53)68)54-30-12-14-32-57(54)67(58)46-24-16-23-44(38-46)42-21-15-22-43(37-42)45-33-34-51-49-27-8-7-25-47(49)48-26-9-10-28-50(48)55(51)39-45/h1-39H. The van der Waals surface area contributed by atoms with Crippen molar-refractivity contribution in [3.8, 4) is 56.7 Å². The Morgan fingerprint density at radius 3 is 1.34 bits per heavy atom. The van der Waals surface area contributed by atoms with Crippen molar-refractivity contribution in [3.63, 3.8) is 0 Å². The molecule has 5 nitrogen and oxygen atoms in total. The van der Waals surface area contributed by atoms with Crippen molar-refractivity contribution in [2.75, 3.05) is 0 Å².